The molecule has 1 aliphatic rings. The second-order valence-corrected chi connectivity index (χ2v) is 4.60. The Balaban J connectivity index is 1.86. The fourth-order valence-corrected chi connectivity index (χ4v) is 1.79. The standard InChI is InChI=1S/C12H16FN3O/c1-8(2)15-12(17)9-6-16(7-9)11-4-3-10(13)5-14-11/h3-5,8-9H,6-7H2,1-2H3,(H,15,17). The predicted molar refractivity (Wildman–Crippen MR) is 63.2 cm³/mol. The summed E-state index contributed by atoms with van der Waals surface area (Å²) in [4.78, 5) is 17.6. The first-order chi connectivity index (χ1) is 8.06. The number of aromatic nitrogens is 1. The van der Waals surface area contributed by atoms with Crippen LogP contribution in [0.15, 0.2) is 18.3 Å². The molecule has 92 valence electrons. The van der Waals surface area contributed by atoms with E-state index in [0.717, 1.165) is 5.82 Å². The molecule has 0 bridgehead atoms. The van der Waals surface area contributed by atoms with E-state index in [1.54, 1.807) is 6.07 Å². The minimum absolute atomic E-state index is 0.0178. The second-order valence-electron chi connectivity index (χ2n) is 4.60. The van der Waals surface area contributed by atoms with E-state index in [9.17, 15) is 9.18 Å². The van der Waals surface area contributed by atoms with E-state index in [4.69, 9.17) is 0 Å². The van der Waals surface area contributed by atoms with Crippen LogP contribution in [-0.4, -0.2) is 30.0 Å². The molecule has 0 spiro atoms. The summed E-state index contributed by atoms with van der Waals surface area (Å²) in [6, 6.07) is 3.18. The van der Waals surface area contributed by atoms with Crippen molar-refractivity contribution in [1.29, 1.82) is 0 Å². The van der Waals surface area contributed by atoms with E-state index in [2.05, 4.69) is 10.3 Å². The molecule has 0 aliphatic carbocycles. The van der Waals surface area contributed by atoms with Crippen molar-refractivity contribution in [2.24, 2.45) is 5.92 Å². The molecule has 4 nitrogen and oxygen atoms in total. The van der Waals surface area contributed by atoms with Crippen LogP contribution in [0.1, 0.15) is 13.8 Å². The predicted octanol–water partition coefficient (Wildman–Crippen LogP) is 1.18. The molecule has 1 fully saturated rings. The lowest BCUT2D eigenvalue weighted by Crippen LogP contribution is -2.54. The summed E-state index contributed by atoms with van der Waals surface area (Å²) in [6.07, 6.45) is 1.19. The van der Waals surface area contributed by atoms with E-state index in [-0.39, 0.29) is 23.7 Å². The van der Waals surface area contributed by atoms with Crippen LogP contribution < -0.4 is 10.2 Å². The van der Waals surface area contributed by atoms with Gasteiger partial charge in [-0.25, -0.2) is 9.37 Å². The molecule has 0 unspecified atom stereocenters. The Labute approximate surface area is 99.8 Å². The minimum Gasteiger partial charge on any atom is -0.355 e. The Kier molecular flexibility index (Phi) is 3.26. The number of halogens is 1. The Morgan fingerprint density at radius 1 is 1.53 bits per heavy atom. The molecule has 17 heavy (non-hydrogen) atoms. The van der Waals surface area contributed by atoms with Crippen molar-refractivity contribution in [1.82, 2.24) is 10.3 Å². The number of amides is 1. The van der Waals surface area contributed by atoms with Crippen molar-refractivity contribution < 1.29 is 9.18 Å². The number of nitrogens with zero attached hydrogens (tertiary/aromatic N) is 2. The van der Waals surface area contributed by atoms with Crippen LogP contribution >= 0.6 is 0 Å². The van der Waals surface area contributed by atoms with Crippen LogP contribution in [0.5, 0.6) is 0 Å². The van der Waals surface area contributed by atoms with Gasteiger partial charge in [-0.2, -0.15) is 0 Å². The fourth-order valence-electron chi connectivity index (χ4n) is 1.79. The van der Waals surface area contributed by atoms with Gasteiger partial charge in [0.15, 0.2) is 0 Å². The number of rotatable bonds is 3. The lowest BCUT2D eigenvalue weighted by molar-refractivity contribution is -0.126. The highest BCUT2D eigenvalue weighted by Crippen LogP contribution is 2.22. The molecule has 1 aliphatic heterocycles. The lowest BCUT2D eigenvalue weighted by Gasteiger charge is -2.39. The molecule has 5 heteroatoms. The summed E-state index contributed by atoms with van der Waals surface area (Å²) in [5.41, 5.74) is 0. The van der Waals surface area contributed by atoms with Crippen LogP contribution in [0.2, 0.25) is 0 Å². The normalized spacial score (nSPS) is 15.9. The number of nitrogens with one attached hydrogen (secondary N) is 1. The third kappa shape index (κ3) is 2.72. The molecule has 0 saturated carbocycles. The van der Waals surface area contributed by atoms with Crippen LogP contribution in [0.25, 0.3) is 0 Å². The van der Waals surface area contributed by atoms with Gasteiger partial charge in [-0.1, -0.05) is 0 Å². The molecule has 1 N–H and O–H groups in total. The molecule has 0 radical (unpaired) electrons. The number of pyridine rings is 1. The van der Waals surface area contributed by atoms with Gasteiger partial charge in [-0.3, -0.25) is 4.79 Å². The van der Waals surface area contributed by atoms with Gasteiger partial charge in [0.1, 0.15) is 11.6 Å². The average Bonchev–Trinajstić information content (AvgIpc) is 2.17. The maximum atomic E-state index is 12.7. The van der Waals surface area contributed by atoms with Gasteiger partial charge in [-0.05, 0) is 26.0 Å². The van der Waals surface area contributed by atoms with E-state index < -0.39 is 0 Å². The van der Waals surface area contributed by atoms with E-state index in [1.165, 1.54) is 12.3 Å². The zero-order valence-corrected chi connectivity index (χ0v) is 9.98. The van der Waals surface area contributed by atoms with Gasteiger partial charge in [0.05, 0.1) is 12.1 Å². The molecular formula is C12H16FN3O. The minimum atomic E-state index is -0.344. The molecule has 2 heterocycles. The number of anilines is 1. The highest BCUT2D eigenvalue weighted by Gasteiger charge is 2.33. The smallest absolute Gasteiger partial charge is 0.226 e. The van der Waals surface area contributed by atoms with Gasteiger partial charge in [0, 0.05) is 19.1 Å². The van der Waals surface area contributed by atoms with Crippen LogP contribution in [0.4, 0.5) is 10.2 Å². The van der Waals surface area contributed by atoms with E-state index in [1.807, 2.05) is 18.7 Å². The summed E-state index contributed by atoms with van der Waals surface area (Å²) in [7, 11) is 0. The number of hydrogen-bond donors (Lipinski definition) is 1. The zero-order chi connectivity index (χ0) is 12.4. The molecule has 2 rings (SSSR count). The molecule has 1 aromatic rings. The summed E-state index contributed by atoms with van der Waals surface area (Å²) in [6.45, 7) is 5.18. The van der Waals surface area contributed by atoms with Crippen LogP contribution in [0.3, 0.4) is 0 Å². The molecule has 1 amide bonds. The van der Waals surface area contributed by atoms with Crippen molar-refractivity contribution in [3.63, 3.8) is 0 Å². The monoisotopic (exact) mass is 237 g/mol. The summed E-state index contributed by atoms with van der Waals surface area (Å²) in [5, 5.41) is 2.88. The van der Waals surface area contributed by atoms with Gasteiger partial charge >= 0.3 is 0 Å². The highest BCUT2D eigenvalue weighted by atomic mass is 19.1. The van der Waals surface area contributed by atoms with Gasteiger partial charge < -0.3 is 10.2 Å². The average molecular weight is 237 g/mol. The highest BCUT2D eigenvalue weighted by molar-refractivity contribution is 5.81. The first kappa shape index (κ1) is 11.8. The number of carbonyl (C=O) groups is 1. The number of carbonyl (C=O) groups excluding carboxylic acids is 1. The SMILES string of the molecule is CC(C)NC(=O)C1CN(c2ccc(F)cn2)C1. The maximum Gasteiger partial charge on any atom is 0.226 e. The van der Waals surface area contributed by atoms with Crippen molar-refractivity contribution >= 4 is 11.7 Å². The Bertz CT molecular complexity index is 399. The van der Waals surface area contributed by atoms with E-state index in [0.29, 0.717) is 13.1 Å². The molecule has 0 aromatic carbocycles. The van der Waals surface area contributed by atoms with Crippen LogP contribution in [0, 0.1) is 11.7 Å². The molecule has 0 atom stereocenters. The van der Waals surface area contributed by atoms with E-state index >= 15 is 0 Å². The van der Waals surface area contributed by atoms with Gasteiger partial charge in [-0.15, -0.1) is 0 Å². The van der Waals surface area contributed by atoms with Crippen LogP contribution in [-0.2, 0) is 4.79 Å². The van der Waals surface area contributed by atoms with Crippen molar-refractivity contribution in [3.05, 3.63) is 24.1 Å². The van der Waals surface area contributed by atoms with Crippen molar-refractivity contribution in [3.8, 4) is 0 Å². The summed E-state index contributed by atoms with van der Waals surface area (Å²) < 4.78 is 12.7. The first-order valence-corrected chi connectivity index (χ1v) is 5.73. The van der Waals surface area contributed by atoms with Gasteiger partial charge in [0.2, 0.25) is 5.91 Å². The molecule has 1 saturated heterocycles. The summed E-state index contributed by atoms with van der Waals surface area (Å²) in [5.74, 6) is 0.478. The topological polar surface area (TPSA) is 45.2 Å². The fraction of sp³-hybridized carbons (Fsp3) is 0.500. The third-order valence-corrected chi connectivity index (χ3v) is 2.72. The zero-order valence-electron chi connectivity index (χ0n) is 9.98. The Morgan fingerprint density at radius 3 is 2.76 bits per heavy atom. The van der Waals surface area contributed by atoms with Crippen molar-refractivity contribution in [2.75, 3.05) is 18.0 Å². The quantitative estimate of drug-likeness (QED) is 0.858. The third-order valence-electron chi connectivity index (χ3n) is 2.72. The Hall–Kier alpha value is -1.65. The molecule has 1 aromatic heterocycles. The molecular weight excluding hydrogens is 221 g/mol. The number of hydrogen-bond acceptors (Lipinski definition) is 3. The van der Waals surface area contributed by atoms with Gasteiger partial charge in [0.25, 0.3) is 0 Å². The Morgan fingerprint density at radius 2 is 2.24 bits per heavy atom. The lowest BCUT2D eigenvalue weighted by atomic mass is 9.99. The maximum absolute atomic E-state index is 12.7. The summed E-state index contributed by atoms with van der Waals surface area (Å²) >= 11 is 0. The van der Waals surface area contributed by atoms with Crippen molar-refractivity contribution in [2.45, 2.75) is 19.9 Å². The second kappa shape index (κ2) is 4.69. The largest absolute Gasteiger partial charge is 0.355 e. The first-order valence-electron chi connectivity index (χ1n) is 5.73.